The van der Waals surface area contributed by atoms with E-state index in [1.807, 2.05) is 0 Å². The quantitative estimate of drug-likeness (QED) is 0.141. The number of nitrogens with one attached hydrogen (secondary N) is 3. The Hall–Kier alpha value is -1.93. The number of carbonyl (C=O) groups excluding carboxylic acids is 3. The van der Waals surface area contributed by atoms with E-state index in [4.69, 9.17) is 15.9 Å². The molecule has 0 heterocycles. The summed E-state index contributed by atoms with van der Waals surface area (Å²) in [6, 6.07) is -5.52. The summed E-state index contributed by atoms with van der Waals surface area (Å²) in [5.41, 5.74) is 5.37. The molecule has 0 saturated heterocycles. The fourth-order valence-corrected chi connectivity index (χ4v) is 2.63. The van der Waals surface area contributed by atoms with E-state index in [-0.39, 0.29) is 6.42 Å². The summed E-state index contributed by atoms with van der Waals surface area (Å²) in [6.45, 7) is 1.76. The van der Waals surface area contributed by atoms with Crippen molar-refractivity contribution in [3.05, 3.63) is 0 Å². The van der Waals surface area contributed by atoms with Crippen LogP contribution in [0.4, 0.5) is 0 Å². The van der Waals surface area contributed by atoms with E-state index in [1.54, 1.807) is 6.26 Å². The number of thioether (sulfide) groups is 1. The highest BCUT2D eigenvalue weighted by atomic mass is 32.2. The fourth-order valence-electron chi connectivity index (χ4n) is 2.16. The van der Waals surface area contributed by atoms with Crippen LogP contribution in [0.25, 0.3) is 0 Å². The van der Waals surface area contributed by atoms with Crippen molar-refractivity contribution in [1.29, 1.82) is 0 Å². The first-order chi connectivity index (χ1) is 13.5. The molecule has 0 rings (SSSR count). The van der Waals surface area contributed by atoms with Gasteiger partial charge < -0.3 is 42.1 Å². The van der Waals surface area contributed by atoms with Gasteiger partial charge in [-0.1, -0.05) is 0 Å². The summed E-state index contributed by atoms with van der Waals surface area (Å²) < 4.78 is 0. The number of amides is 3. The summed E-state index contributed by atoms with van der Waals surface area (Å²) in [5, 5.41) is 44.0. The lowest BCUT2D eigenvalue weighted by Crippen LogP contribution is -2.60. The number of aliphatic carboxylic acids is 1. The van der Waals surface area contributed by atoms with Crippen molar-refractivity contribution in [2.45, 2.75) is 56.6 Å². The molecule has 13 heteroatoms. The molecule has 0 aromatic heterocycles. The molecule has 0 saturated carbocycles. The highest BCUT2D eigenvalue weighted by Gasteiger charge is 2.33. The number of nitrogens with two attached hydrogens (primary N) is 1. The molecule has 3 amide bonds. The van der Waals surface area contributed by atoms with Gasteiger partial charge in [0.1, 0.15) is 18.1 Å². The molecule has 0 aromatic carbocycles. The number of carboxylic acid groups (broad SMARTS) is 1. The molecule has 0 bridgehead atoms. The molecular weight excluding hydrogens is 408 g/mol. The van der Waals surface area contributed by atoms with Crippen molar-refractivity contribution in [3.8, 4) is 0 Å². The Morgan fingerprint density at radius 3 is 1.86 bits per heavy atom. The van der Waals surface area contributed by atoms with Gasteiger partial charge in [0, 0.05) is 0 Å². The van der Waals surface area contributed by atoms with Crippen LogP contribution in [0.15, 0.2) is 0 Å². The van der Waals surface area contributed by atoms with Crippen molar-refractivity contribution in [1.82, 2.24) is 16.0 Å². The van der Waals surface area contributed by atoms with E-state index in [2.05, 4.69) is 16.0 Å². The normalized spacial score (nSPS) is 17.2. The Kier molecular flexibility index (Phi) is 12.4. The molecule has 168 valence electrons. The molecule has 12 nitrogen and oxygen atoms in total. The first-order valence-electron chi connectivity index (χ1n) is 8.81. The van der Waals surface area contributed by atoms with Crippen LogP contribution in [0.5, 0.6) is 0 Å². The van der Waals surface area contributed by atoms with Gasteiger partial charge in [-0.05, 0) is 32.3 Å². The Morgan fingerprint density at radius 1 is 0.931 bits per heavy atom. The molecule has 0 aliphatic carbocycles. The van der Waals surface area contributed by atoms with Crippen LogP contribution in [-0.2, 0) is 19.2 Å². The number of carboxylic acids is 1. The van der Waals surface area contributed by atoms with Gasteiger partial charge in [-0.2, -0.15) is 11.8 Å². The van der Waals surface area contributed by atoms with Gasteiger partial charge in [0.2, 0.25) is 17.7 Å². The molecule has 0 aromatic rings. The number of carbonyl (C=O) groups is 4. The second kappa shape index (κ2) is 13.3. The maximum atomic E-state index is 12.5. The highest BCUT2D eigenvalue weighted by molar-refractivity contribution is 7.98. The molecule has 0 aliphatic rings. The van der Waals surface area contributed by atoms with E-state index in [1.165, 1.54) is 25.6 Å². The van der Waals surface area contributed by atoms with Crippen molar-refractivity contribution < 1.29 is 39.6 Å². The third-order valence-electron chi connectivity index (χ3n) is 3.89. The van der Waals surface area contributed by atoms with Crippen LogP contribution in [0.1, 0.15) is 20.3 Å². The monoisotopic (exact) mass is 438 g/mol. The second-order valence-corrected chi connectivity index (χ2v) is 7.41. The van der Waals surface area contributed by atoms with Gasteiger partial charge in [-0.3, -0.25) is 14.4 Å². The number of aliphatic hydroxyl groups excluding tert-OH is 3. The van der Waals surface area contributed by atoms with Gasteiger partial charge in [-0.25, -0.2) is 4.79 Å². The molecule has 6 atom stereocenters. The minimum Gasteiger partial charge on any atom is -0.480 e. The van der Waals surface area contributed by atoms with Crippen LogP contribution < -0.4 is 21.7 Å². The summed E-state index contributed by atoms with van der Waals surface area (Å²) in [7, 11) is 0. The van der Waals surface area contributed by atoms with E-state index < -0.39 is 66.7 Å². The van der Waals surface area contributed by atoms with Gasteiger partial charge in [0.05, 0.1) is 18.8 Å². The van der Waals surface area contributed by atoms with E-state index in [0.29, 0.717) is 5.75 Å². The maximum absolute atomic E-state index is 12.5. The SMILES string of the molecule is CSCCC(NC(=O)C(NC(=O)C(N)CO)C(C)O)C(=O)NC(C(=O)O)C(C)O. The van der Waals surface area contributed by atoms with Crippen molar-refractivity contribution in [2.75, 3.05) is 18.6 Å². The average Bonchev–Trinajstić information content (AvgIpc) is 2.64. The van der Waals surface area contributed by atoms with E-state index in [0.717, 1.165) is 0 Å². The van der Waals surface area contributed by atoms with Crippen LogP contribution >= 0.6 is 11.8 Å². The van der Waals surface area contributed by atoms with E-state index in [9.17, 15) is 29.4 Å². The topological polar surface area (TPSA) is 211 Å². The lowest BCUT2D eigenvalue weighted by Gasteiger charge is -2.26. The second-order valence-electron chi connectivity index (χ2n) is 6.42. The number of aliphatic hydroxyl groups is 3. The molecule has 0 fully saturated rings. The zero-order valence-electron chi connectivity index (χ0n) is 16.5. The van der Waals surface area contributed by atoms with Crippen molar-refractivity contribution in [2.24, 2.45) is 5.73 Å². The van der Waals surface area contributed by atoms with Crippen LogP contribution in [0.2, 0.25) is 0 Å². The zero-order valence-corrected chi connectivity index (χ0v) is 17.3. The molecule has 0 aliphatic heterocycles. The smallest absolute Gasteiger partial charge is 0.328 e. The lowest BCUT2D eigenvalue weighted by atomic mass is 10.1. The van der Waals surface area contributed by atoms with Crippen LogP contribution in [-0.4, -0.2) is 99.1 Å². The molecular formula is C16H30N4O8S. The minimum atomic E-state index is -1.58. The third-order valence-corrected chi connectivity index (χ3v) is 4.53. The largest absolute Gasteiger partial charge is 0.480 e. The number of hydrogen-bond acceptors (Lipinski definition) is 9. The Labute approximate surface area is 172 Å². The summed E-state index contributed by atoms with van der Waals surface area (Å²) in [4.78, 5) is 48.0. The average molecular weight is 439 g/mol. The van der Waals surface area contributed by atoms with Crippen molar-refractivity contribution >= 4 is 35.5 Å². The predicted octanol–water partition coefficient (Wildman–Crippen LogP) is -3.64. The van der Waals surface area contributed by atoms with Crippen molar-refractivity contribution in [3.63, 3.8) is 0 Å². The molecule has 6 unspecified atom stereocenters. The molecule has 0 spiro atoms. The van der Waals surface area contributed by atoms with Crippen LogP contribution in [0, 0.1) is 0 Å². The van der Waals surface area contributed by atoms with Gasteiger partial charge in [-0.15, -0.1) is 0 Å². The predicted molar refractivity (Wildman–Crippen MR) is 105 cm³/mol. The maximum Gasteiger partial charge on any atom is 0.328 e. The Bertz CT molecular complexity index is 575. The zero-order chi connectivity index (χ0) is 22.7. The summed E-state index contributed by atoms with van der Waals surface area (Å²) in [5.74, 6) is -3.63. The molecule has 9 N–H and O–H groups in total. The highest BCUT2D eigenvalue weighted by Crippen LogP contribution is 2.05. The fraction of sp³-hybridized carbons (Fsp3) is 0.750. The van der Waals surface area contributed by atoms with Gasteiger partial charge in [0.15, 0.2) is 6.04 Å². The molecule has 29 heavy (non-hydrogen) atoms. The van der Waals surface area contributed by atoms with Gasteiger partial charge in [0.25, 0.3) is 0 Å². The Balaban J connectivity index is 5.34. The summed E-state index contributed by atoms with van der Waals surface area (Å²) >= 11 is 1.38. The lowest BCUT2D eigenvalue weighted by molar-refractivity contribution is -0.145. The minimum absolute atomic E-state index is 0.127. The van der Waals surface area contributed by atoms with E-state index >= 15 is 0 Å². The first-order valence-corrected chi connectivity index (χ1v) is 10.2. The Morgan fingerprint density at radius 2 is 1.45 bits per heavy atom. The third kappa shape index (κ3) is 9.41. The van der Waals surface area contributed by atoms with Gasteiger partial charge >= 0.3 is 5.97 Å². The molecule has 0 radical (unpaired) electrons. The van der Waals surface area contributed by atoms with Crippen LogP contribution in [0.3, 0.4) is 0 Å². The number of hydrogen-bond donors (Lipinski definition) is 8. The number of rotatable bonds is 13. The first kappa shape index (κ1) is 27.1. The standard InChI is InChI=1S/C16H30N4O8S/c1-7(22)11(19-13(24)9(17)6-21)15(26)18-10(4-5-29-3)14(25)20-12(8(2)23)16(27)28/h7-12,21-23H,4-6,17H2,1-3H3,(H,18,26)(H,19,24)(H,20,25)(H,27,28). The summed E-state index contributed by atoms with van der Waals surface area (Å²) in [6.07, 6.45) is -0.834.